The second-order valence-electron chi connectivity index (χ2n) is 47.5. The fourth-order valence-electron chi connectivity index (χ4n) is 19.7. The minimum Gasteiger partial charge on any atom is -0.459 e. The van der Waals surface area contributed by atoms with Crippen molar-refractivity contribution in [2.45, 2.75) is 333 Å². The molecule has 7 aliphatic rings. The lowest BCUT2D eigenvalue weighted by Gasteiger charge is -2.38. The third kappa shape index (κ3) is 32.1. The molecule has 2 aromatic rings. The van der Waals surface area contributed by atoms with Crippen molar-refractivity contribution in [1.29, 1.82) is 0 Å². The smallest absolute Gasteiger partial charge is 0.315 e. The normalized spacial score (nSPS) is 21.8. The quantitative estimate of drug-likeness (QED) is 0.0169. The first-order chi connectivity index (χ1) is 65.6. The summed E-state index contributed by atoms with van der Waals surface area (Å²) in [7, 11) is 1.67. The molecule has 2 aromatic carbocycles. The van der Waals surface area contributed by atoms with Crippen LogP contribution >= 0.6 is 0 Å². The second kappa shape index (κ2) is 47.6. The first kappa shape index (κ1) is 117. The number of hydrogen-bond donors (Lipinski definition) is 13. The maximum atomic E-state index is 14.1. The van der Waals surface area contributed by atoms with Crippen LogP contribution in [0.25, 0.3) is 0 Å². The van der Waals surface area contributed by atoms with Gasteiger partial charge in [0.05, 0.1) is 25.0 Å². The van der Waals surface area contributed by atoms with Crippen LogP contribution in [0.3, 0.4) is 0 Å². The number of amides is 17. The molecule has 15 atom stereocenters. The molecule has 0 aromatic heterocycles. The van der Waals surface area contributed by atoms with Crippen LogP contribution in [-0.2, 0) is 89.7 Å². The minimum absolute atomic E-state index is 0.0000876. The number of benzene rings is 2. The molecule has 17 amide bonds. The fraction of sp³-hybridized carbons (Fsp3) is 0.660. The lowest BCUT2D eigenvalue weighted by atomic mass is 9.85. The zero-order valence-electron chi connectivity index (χ0n) is 88.8. The topological polar surface area (TPSA) is 486 Å². The Morgan fingerprint density at radius 1 is 0.423 bits per heavy atom. The van der Waals surface area contributed by atoms with E-state index in [2.05, 4.69) is 88.9 Å². The van der Waals surface area contributed by atoms with Crippen LogP contribution in [0.15, 0.2) is 98.6 Å². The van der Waals surface area contributed by atoms with Crippen molar-refractivity contribution < 1.29 is 91.0 Å². The van der Waals surface area contributed by atoms with Gasteiger partial charge in [-0.15, -0.1) is 19.7 Å². The highest BCUT2D eigenvalue weighted by atomic mass is 16.6. The maximum Gasteiger partial charge on any atom is 0.315 e. The Balaban J connectivity index is 0.000000289. The predicted octanol–water partition coefficient (Wildman–Crippen LogP) is 8.60. The molecule has 786 valence electrons. The van der Waals surface area contributed by atoms with Gasteiger partial charge >= 0.3 is 24.1 Å². The average molecular weight is 1980 g/mol. The van der Waals surface area contributed by atoms with E-state index >= 15 is 0 Å². The van der Waals surface area contributed by atoms with Gasteiger partial charge in [-0.3, -0.25) is 71.9 Å². The first-order valence-electron chi connectivity index (χ1n) is 49.8. The lowest BCUT2D eigenvalue weighted by Crippen LogP contribution is -2.62. The van der Waals surface area contributed by atoms with E-state index in [0.717, 1.165) is 36.8 Å². The predicted molar refractivity (Wildman–Crippen MR) is 540 cm³/mol. The molecule has 0 radical (unpaired) electrons. The Bertz CT molecular complexity index is 4960. The number of likely N-dealkylation sites (tertiary alicyclic amines) is 3. The van der Waals surface area contributed by atoms with Gasteiger partial charge in [0.2, 0.25) is 64.6 Å². The molecular formula is C106H163N17O19. The number of fused-ring (bicyclic) bond motifs is 3. The molecule has 4 aliphatic carbocycles. The molecule has 36 heteroatoms. The van der Waals surface area contributed by atoms with Crippen molar-refractivity contribution in [3.05, 3.63) is 110 Å². The van der Waals surface area contributed by atoms with E-state index in [-0.39, 0.29) is 121 Å². The Kier molecular flexibility index (Phi) is 39.2. The summed E-state index contributed by atoms with van der Waals surface area (Å²) in [4.78, 5) is 244. The van der Waals surface area contributed by atoms with Crippen molar-refractivity contribution in [3.8, 4) is 0 Å². The molecule has 9 rings (SSSR count). The summed E-state index contributed by atoms with van der Waals surface area (Å²) < 4.78 is 5.59. The standard InChI is InChI=1S/C37H56N6O6.C35H57N5O7.C34H50N6O6/c1-11-12-18-25(29(45)32(47)38-20-19-26(44)42(10)21-23-16-14-13-15-17-23)39-31(46)28-27-24(37(27,8)9)22-43(28)33(48)30(35(2,3)4)40-34(49)41-36(5,6)7;1-11-12-15-22(26(42)29(44)36-19-16-23(41)47-35(10)17-13-14-18-35)37-28(43)25-24-21(34(24,8)9)20-40(25)30(45)27(32(2,3)4)38-31(46)39-33(5,6)7;1-10-14-22(26(42)29(44)36-18-23(41)35-17-20-15-12-11-13-16-20)37-28(43)25-24-21(34(24,8)9)19-40(25)30(45)27(32(2,3)4)38-31(46)39-33(5,6)7/h11,13-17,24-25,27-28,30H,1,12,18-22H2,2-10H3,(H,38,47)(H,39,46)(H2,40,41,49);11,21-22,24-25,27H,1,12-20H2,2-10H3,(H,36,44)(H,37,43)(H2,38,39,46);10-13,15-16,21-22,24-25,27H,1,14,17-19H2,2-9H3,(H,35,41)(H,36,44)(H,37,43)(H2,38,39,46)/t24-,25?,27-,28-,30+;2*21-,22?,24-,25-,27+/m000/s1. The Labute approximate surface area is 839 Å². The van der Waals surface area contributed by atoms with Gasteiger partial charge in [0, 0.05) is 75.9 Å². The van der Waals surface area contributed by atoms with Crippen LogP contribution in [0.5, 0.6) is 0 Å². The second-order valence-corrected chi connectivity index (χ2v) is 47.5. The Morgan fingerprint density at radius 3 is 1.08 bits per heavy atom. The first-order valence-corrected chi connectivity index (χ1v) is 49.8. The molecular weight excluding hydrogens is 1820 g/mol. The zero-order valence-corrected chi connectivity index (χ0v) is 88.8. The third-order valence-corrected chi connectivity index (χ3v) is 27.9. The number of nitrogens with zero attached hydrogens (tertiary/aromatic N) is 4. The van der Waals surface area contributed by atoms with Crippen molar-refractivity contribution in [2.75, 3.05) is 46.3 Å². The molecule has 0 spiro atoms. The number of ketones is 3. The molecule has 3 aliphatic heterocycles. The van der Waals surface area contributed by atoms with Crippen LogP contribution in [0.4, 0.5) is 14.4 Å². The SMILES string of the molecule is C=CCC(NC(=O)[C@@H]1[C@@H]2[C@H](CN1C(=O)[C@@H](NC(=O)NC(C)(C)C)C(C)(C)C)C2(C)C)C(=O)C(=O)NCC(=O)NCc1ccccc1.C=CCCC(NC(=O)[C@@H]1[C@@H]2[C@H](CN1C(=O)[C@@H](NC(=O)NC(C)(C)C)C(C)(C)C)C2(C)C)C(=O)C(=O)NCCC(=O)N(C)Cc1ccccc1.C=CCCC(NC(=O)[C@@H]1[C@@H]2[C@H](CN1C(=O)[C@@H](NC(=O)NC(C)(C)C)C(C)(C)C)C2(C)C)C(=O)C(=O)NCCC(=O)OC1(C)CCCC1. The van der Waals surface area contributed by atoms with Gasteiger partial charge in [0.1, 0.15) is 47.9 Å². The number of piperidine rings is 3. The van der Waals surface area contributed by atoms with E-state index in [0.29, 0.717) is 39.0 Å². The lowest BCUT2D eigenvalue weighted by molar-refractivity contribution is -0.157. The van der Waals surface area contributed by atoms with Crippen LogP contribution in [-0.4, -0.2) is 249 Å². The molecule has 3 saturated heterocycles. The molecule has 3 unspecified atom stereocenters. The van der Waals surface area contributed by atoms with Gasteiger partial charge in [0.25, 0.3) is 17.7 Å². The monoisotopic (exact) mass is 1980 g/mol. The van der Waals surface area contributed by atoms with Crippen LogP contribution < -0.4 is 69.1 Å². The van der Waals surface area contributed by atoms with Gasteiger partial charge in [-0.2, -0.15) is 0 Å². The van der Waals surface area contributed by atoms with Crippen molar-refractivity contribution in [2.24, 2.45) is 68.0 Å². The molecule has 13 N–H and O–H groups in total. The van der Waals surface area contributed by atoms with Gasteiger partial charge in [-0.05, 0) is 206 Å². The molecule has 36 nitrogen and oxygen atoms in total. The molecule has 4 saturated carbocycles. The Morgan fingerprint density at radius 2 is 0.746 bits per heavy atom. The largest absolute Gasteiger partial charge is 0.459 e. The molecule has 0 bridgehead atoms. The highest BCUT2D eigenvalue weighted by molar-refractivity contribution is 6.39. The van der Waals surface area contributed by atoms with Gasteiger partial charge in [0.15, 0.2) is 0 Å². The number of esters is 1. The number of urea groups is 3. The highest BCUT2D eigenvalue weighted by Gasteiger charge is 2.73. The van der Waals surface area contributed by atoms with Crippen LogP contribution in [0.1, 0.15) is 255 Å². The number of hydrogen-bond acceptors (Lipinski definition) is 19. The number of carbonyl (C=O) groups excluding carboxylic acids is 18. The van der Waals surface area contributed by atoms with E-state index in [9.17, 15) is 86.3 Å². The van der Waals surface area contributed by atoms with Crippen molar-refractivity contribution >= 4 is 106 Å². The molecule has 142 heavy (non-hydrogen) atoms. The van der Waals surface area contributed by atoms with E-state index in [1.807, 2.05) is 234 Å². The molecule has 7 fully saturated rings. The van der Waals surface area contributed by atoms with Gasteiger partial charge in [-0.1, -0.05) is 183 Å². The number of rotatable bonds is 39. The van der Waals surface area contributed by atoms with Gasteiger partial charge in [-0.25, -0.2) is 14.4 Å². The van der Waals surface area contributed by atoms with Gasteiger partial charge < -0.3 is 93.5 Å². The minimum atomic E-state index is -1.25. The third-order valence-electron chi connectivity index (χ3n) is 27.9. The number of carbonyl (C=O) groups is 18. The highest BCUT2D eigenvalue weighted by Crippen LogP contribution is 2.67. The molecule has 3 heterocycles. The number of ether oxygens (including phenoxy) is 1. The summed E-state index contributed by atoms with van der Waals surface area (Å²) in [5.41, 5.74) is -2.84. The maximum absolute atomic E-state index is 14.1. The van der Waals surface area contributed by atoms with Crippen LogP contribution in [0, 0.1) is 68.0 Å². The fourth-order valence-corrected chi connectivity index (χ4v) is 19.7. The van der Waals surface area contributed by atoms with Crippen molar-refractivity contribution in [3.63, 3.8) is 0 Å². The van der Waals surface area contributed by atoms with Crippen LogP contribution in [0.2, 0.25) is 0 Å². The zero-order chi connectivity index (χ0) is 107. The summed E-state index contributed by atoms with van der Waals surface area (Å²) in [6.07, 6.45) is 9.10. The summed E-state index contributed by atoms with van der Waals surface area (Å²) in [6, 6.07) is 8.25. The van der Waals surface area contributed by atoms with E-state index in [4.69, 9.17) is 4.74 Å². The van der Waals surface area contributed by atoms with Crippen molar-refractivity contribution in [1.82, 2.24) is 88.7 Å². The van der Waals surface area contributed by atoms with E-state index in [1.165, 1.54) is 20.8 Å². The Hall–Kier alpha value is -11.9. The summed E-state index contributed by atoms with van der Waals surface area (Å²) >= 11 is 0. The van der Waals surface area contributed by atoms with E-state index in [1.54, 1.807) is 24.1 Å². The average Bonchev–Trinajstić information content (AvgIpc) is 1.53. The van der Waals surface area contributed by atoms with E-state index < -0.39 is 188 Å². The number of allylic oxidation sites excluding steroid dienone is 2. The number of nitrogens with one attached hydrogen (secondary N) is 13. The summed E-state index contributed by atoms with van der Waals surface area (Å²) in [6.45, 7) is 59.5. The summed E-state index contributed by atoms with van der Waals surface area (Å²) in [5, 5.41) is 35.2. The summed E-state index contributed by atoms with van der Waals surface area (Å²) in [5.74, 6) is -9.58. The number of Topliss-reactive ketones (excluding diaryl/α,β-unsaturated/α-hetero) is 3.